The Bertz CT molecular complexity index is 157. The molecule has 0 spiro atoms. The molecule has 80 valence electrons. The quantitative estimate of drug-likeness (QED) is 0.388. The largest absolute Gasteiger partial charge is 2.00 e. The van der Waals surface area contributed by atoms with Crippen molar-refractivity contribution in [3.8, 4) is 0 Å². The van der Waals surface area contributed by atoms with E-state index in [0.29, 0.717) is 0 Å². The number of aliphatic hydroxyl groups excluding tert-OH is 1. The Balaban J connectivity index is -0.0000000383. The molecule has 0 aliphatic carbocycles. The predicted octanol–water partition coefficient (Wildman–Crippen LogP) is -0.785. The second-order valence-corrected chi connectivity index (χ2v) is 5.37. The second-order valence-electron chi connectivity index (χ2n) is 3.19. The van der Waals surface area contributed by atoms with Crippen molar-refractivity contribution in [3.63, 3.8) is 0 Å². The molecule has 0 rings (SSSR count). The fourth-order valence-corrected chi connectivity index (χ4v) is 0.300. The van der Waals surface area contributed by atoms with E-state index in [1.165, 1.54) is 0 Å². The number of aliphatic hydroxyl groups is 1. The van der Waals surface area contributed by atoms with E-state index in [0.717, 1.165) is 11.0 Å². The molecule has 5 nitrogen and oxygen atoms in total. The molecule has 0 amide bonds. The van der Waals surface area contributed by atoms with Crippen molar-refractivity contribution in [1.29, 1.82) is 0 Å². The smallest absolute Gasteiger partial charge is 1.00 e. The van der Waals surface area contributed by atoms with Crippen molar-refractivity contribution in [2.45, 2.75) is 0 Å². The molecule has 0 aliphatic heterocycles. The maximum Gasteiger partial charge on any atom is 2.00 e. The molecule has 0 aliphatic rings. The number of hydrogen-bond donors (Lipinski definition) is 2. The summed E-state index contributed by atoms with van der Waals surface area (Å²) in [5.41, 5.74) is 0. The van der Waals surface area contributed by atoms with Gasteiger partial charge in [0.1, 0.15) is 6.54 Å². The number of likely N-dealkylation sites (N-methyl/N-ethyl adjacent to an activating group) is 1. The normalized spacial score (nSPS) is 14.7. The molecule has 1 atom stereocenters. The molecule has 0 fully saturated rings. The molecule has 0 bridgehead atoms. The fourth-order valence-electron chi connectivity index (χ4n) is 0.300. The van der Waals surface area contributed by atoms with Gasteiger partial charge in [-0.05, 0) is 11.2 Å². The van der Waals surface area contributed by atoms with Gasteiger partial charge in [-0.15, -0.1) is 0 Å². The summed E-state index contributed by atoms with van der Waals surface area (Å²) in [6.07, 6.45) is 0. The van der Waals surface area contributed by atoms with Gasteiger partial charge in [-0.25, -0.2) is 0 Å². The van der Waals surface area contributed by atoms with E-state index in [1.54, 1.807) is 0 Å². The summed E-state index contributed by atoms with van der Waals surface area (Å²) >= 11 is 4.09. The van der Waals surface area contributed by atoms with Gasteiger partial charge in [-0.1, -0.05) is 0 Å². The summed E-state index contributed by atoms with van der Waals surface area (Å²) in [5.74, 6) is 0. The number of hydrogen-bond acceptors (Lipinski definition) is 3. The average molecular weight is 262 g/mol. The number of rotatable bonds is 2. The van der Waals surface area contributed by atoms with Crippen LogP contribution in [-0.2, 0) is 4.57 Å². The molecule has 13 heavy (non-hydrogen) atoms. The Morgan fingerprint density at radius 2 is 1.77 bits per heavy atom. The standard InChI is InChI=1S/C5H14NO.Ca.ClH2O3P.2H/c1-6(2,3)4-5-7;;1-5(2,3)4;;/h7H,4-5H2,1-3H3;;(H2,2,3,4);;/q+1;+2;;2*-1/p-1. The predicted molar refractivity (Wildman–Crippen MR) is 53.6 cm³/mol. The van der Waals surface area contributed by atoms with Crippen molar-refractivity contribution in [2.24, 2.45) is 0 Å². The molecule has 0 heterocycles. The zero-order valence-corrected chi connectivity index (χ0v) is 12.0. The van der Waals surface area contributed by atoms with Crippen molar-refractivity contribution in [1.82, 2.24) is 0 Å². The van der Waals surface area contributed by atoms with Gasteiger partial charge in [-0.3, -0.25) is 4.57 Å². The Labute approximate surface area is 116 Å². The van der Waals surface area contributed by atoms with E-state index in [4.69, 9.17) is 19.5 Å². The van der Waals surface area contributed by atoms with Gasteiger partial charge < -0.3 is 22.2 Å². The summed E-state index contributed by atoms with van der Waals surface area (Å²) in [6.45, 7) is -3.30. The Kier molecular flexibility index (Phi) is 13.7. The summed E-state index contributed by atoms with van der Waals surface area (Å²) in [4.78, 5) is 16.3. The van der Waals surface area contributed by atoms with Crippen molar-refractivity contribution >= 4 is 55.9 Å². The number of quaternary nitrogens is 1. The van der Waals surface area contributed by atoms with Crippen LogP contribution in [0.15, 0.2) is 0 Å². The van der Waals surface area contributed by atoms with Gasteiger partial charge in [0, 0.05) is 0 Å². The van der Waals surface area contributed by atoms with Crippen LogP contribution >= 0.6 is 18.2 Å². The monoisotopic (exact) mass is 261 g/mol. The van der Waals surface area contributed by atoms with E-state index in [1.807, 2.05) is 0 Å². The first kappa shape index (κ1) is 20.1. The third-order valence-corrected chi connectivity index (χ3v) is 0.771. The minimum atomic E-state index is -4.42. The molecule has 0 aromatic heterocycles. The van der Waals surface area contributed by atoms with Gasteiger partial charge in [0.15, 0.2) is 0 Å². The first-order chi connectivity index (χ1) is 5.06. The van der Waals surface area contributed by atoms with Crippen LogP contribution in [0.5, 0.6) is 0 Å². The molecule has 0 aromatic carbocycles. The first-order valence-corrected chi connectivity index (χ1v) is 5.69. The fraction of sp³-hybridized carbons (Fsp3) is 1.00. The van der Waals surface area contributed by atoms with E-state index >= 15 is 0 Å². The molecule has 0 saturated carbocycles. The Hall–Kier alpha value is 1.62. The van der Waals surface area contributed by atoms with Gasteiger partial charge in [0.2, 0.25) is 6.95 Å². The third kappa shape index (κ3) is 58.2. The average Bonchev–Trinajstić information content (AvgIpc) is 1.54. The maximum atomic E-state index is 8.98. The van der Waals surface area contributed by atoms with Crippen LogP contribution in [-0.4, -0.2) is 86.5 Å². The second kappa shape index (κ2) is 8.89. The molecule has 1 unspecified atom stereocenters. The van der Waals surface area contributed by atoms with Crippen LogP contribution in [0.3, 0.4) is 0 Å². The van der Waals surface area contributed by atoms with Gasteiger partial charge in [-0.2, -0.15) is 0 Å². The van der Waals surface area contributed by atoms with E-state index in [9.17, 15) is 0 Å². The van der Waals surface area contributed by atoms with Crippen molar-refractivity contribution < 1.29 is 26.8 Å². The van der Waals surface area contributed by atoms with Crippen LogP contribution in [0.1, 0.15) is 2.85 Å². The molecule has 0 aromatic rings. The maximum absolute atomic E-state index is 8.98. The van der Waals surface area contributed by atoms with Gasteiger partial charge >= 0.3 is 37.7 Å². The number of nitrogens with zero attached hydrogens (tertiary/aromatic N) is 1. The van der Waals surface area contributed by atoms with Crippen LogP contribution in [0, 0.1) is 0 Å². The minimum absolute atomic E-state index is 0. The third-order valence-electron chi connectivity index (χ3n) is 0.771. The van der Waals surface area contributed by atoms with Gasteiger partial charge in [0.25, 0.3) is 0 Å². The van der Waals surface area contributed by atoms with Crippen LogP contribution in [0.2, 0.25) is 0 Å². The first-order valence-electron chi connectivity index (χ1n) is 3.21. The summed E-state index contributed by atoms with van der Waals surface area (Å²) in [6, 6.07) is 0. The summed E-state index contributed by atoms with van der Waals surface area (Å²) in [5, 5.41) is 8.39. The summed E-state index contributed by atoms with van der Waals surface area (Å²) in [7, 11) is 6.16. The van der Waals surface area contributed by atoms with E-state index < -0.39 is 6.95 Å². The zero-order chi connectivity index (χ0) is 10.4. The van der Waals surface area contributed by atoms with Gasteiger partial charge in [0.05, 0.1) is 27.7 Å². The van der Waals surface area contributed by atoms with Crippen molar-refractivity contribution in [2.75, 3.05) is 34.3 Å². The molecule has 8 heteroatoms. The number of halogens is 1. The molecular formula is C5H17CaClNO4P. The topological polar surface area (TPSA) is 80.6 Å². The molecule has 0 saturated heterocycles. The minimum Gasteiger partial charge on any atom is -1.00 e. The Morgan fingerprint density at radius 1 is 1.54 bits per heavy atom. The SMILES string of the molecule is C[N+](C)(C)CCO.O=P([O-])(O)Cl.[Ca+2].[H-].[H-]. The molecule has 0 radical (unpaired) electrons. The molecule has 2 N–H and O–H groups in total. The van der Waals surface area contributed by atoms with Crippen LogP contribution < -0.4 is 4.89 Å². The van der Waals surface area contributed by atoms with Crippen LogP contribution in [0.25, 0.3) is 0 Å². The Morgan fingerprint density at radius 3 is 1.77 bits per heavy atom. The van der Waals surface area contributed by atoms with E-state index in [-0.39, 0.29) is 47.2 Å². The van der Waals surface area contributed by atoms with E-state index in [2.05, 4.69) is 32.4 Å². The van der Waals surface area contributed by atoms with Crippen molar-refractivity contribution in [3.05, 3.63) is 0 Å². The zero-order valence-electron chi connectivity index (χ0n) is 10.1. The molecular weight excluding hydrogens is 245 g/mol. The summed E-state index contributed by atoms with van der Waals surface area (Å²) < 4.78 is 9.82. The van der Waals surface area contributed by atoms with Crippen LogP contribution in [0.4, 0.5) is 0 Å².